The number of rotatable bonds is 4. The van der Waals surface area contributed by atoms with Gasteiger partial charge in [0.15, 0.2) is 0 Å². The van der Waals surface area contributed by atoms with Crippen LogP contribution in [0.15, 0.2) is 28.7 Å². The van der Waals surface area contributed by atoms with Gasteiger partial charge in [-0.3, -0.25) is 0 Å². The molecular formula is C14H16ClNO2. The Balaban J connectivity index is 2.30. The predicted octanol–water partition coefficient (Wildman–Crippen LogP) is 3.30. The molecule has 0 aliphatic heterocycles. The number of hydrogen-bond donors (Lipinski definition) is 1. The Morgan fingerprint density at radius 1 is 1.28 bits per heavy atom. The molecule has 3 nitrogen and oxygen atoms in total. The summed E-state index contributed by atoms with van der Waals surface area (Å²) < 4.78 is 10.9. The molecule has 1 aromatic heterocycles. The number of hydrogen-bond acceptors (Lipinski definition) is 3. The fourth-order valence-corrected chi connectivity index (χ4v) is 2.03. The molecule has 0 fully saturated rings. The Morgan fingerprint density at radius 3 is 2.61 bits per heavy atom. The molecule has 0 saturated carbocycles. The van der Waals surface area contributed by atoms with Crippen molar-refractivity contribution < 1.29 is 9.15 Å². The molecule has 0 spiro atoms. The summed E-state index contributed by atoms with van der Waals surface area (Å²) in [5.74, 6) is 2.46. The molecule has 0 saturated heterocycles. The van der Waals surface area contributed by atoms with Crippen LogP contribution in [0.4, 0.5) is 0 Å². The average molecular weight is 266 g/mol. The molecular weight excluding hydrogens is 250 g/mol. The summed E-state index contributed by atoms with van der Waals surface area (Å²) in [6.45, 7) is 2.36. The lowest BCUT2D eigenvalue weighted by Gasteiger charge is -2.09. The van der Waals surface area contributed by atoms with E-state index in [-0.39, 0.29) is 0 Å². The molecule has 0 atom stereocenters. The van der Waals surface area contributed by atoms with Gasteiger partial charge in [-0.15, -0.1) is 0 Å². The van der Waals surface area contributed by atoms with Crippen LogP contribution in [-0.2, 0) is 13.0 Å². The molecule has 0 bridgehead atoms. The molecule has 4 heteroatoms. The summed E-state index contributed by atoms with van der Waals surface area (Å²) in [7, 11) is 1.65. The first-order valence-electron chi connectivity index (χ1n) is 5.74. The van der Waals surface area contributed by atoms with Crippen molar-refractivity contribution in [2.45, 2.75) is 19.9 Å². The summed E-state index contributed by atoms with van der Waals surface area (Å²) >= 11 is 6.14. The summed E-state index contributed by atoms with van der Waals surface area (Å²) in [5, 5.41) is 0.733. The van der Waals surface area contributed by atoms with Gasteiger partial charge in [-0.2, -0.15) is 0 Å². The van der Waals surface area contributed by atoms with E-state index in [0.717, 1.165) is 33.4 Å². The fourth-order valence-electron chi connectivity index (χ4n) is 1.84. The van der Waals surface area contributed by atoms with E-state index in [1.165, 1.54) is 0 Å². The van der Waals surface area contributed by atoms with Crippen molar-refractivity contribution >= 4 is 11.6 Å². The van der Waals surface area contributed by atoms with Crippen LogP contribution in [0.5, 0.6) is 5.75 Å². The number of halogens is 1. The molecule has 1 aromatic carbocycles. The molecule has 2 rings (SSSR count). The number of nitrogens with two attached hydrogens (primary N) is 1. The molecule has 2 N–H and O–H groups in total. The SMILES string of the molecule is COc1cc(C)c(Cl)cc1Cc1ccc(CN)o1. The molecule has 0 aliphatic rings. The minimum Gasteiger partial charge on any atom is -0.496 e. The smallest absolute Gasteiger partial charge is 0.122 e. The lowest BCUT2D eigenvalue weighted by Crippen LogP contribution is -1.95. The first-order valence-corrected chi connectivity index (χ1v) is 6.12. The van der Waals surface area contributed by atoms with Gasteiger partial charge in [-0.05, 0) is 36.8 Å². The molecule has 0 radical (unpaired) electrons. The fraction of sp³-hybridized carbons (Fsp3) is 0.286. The van der Waals surface area contributed by atoms with Gasteiger partial charge in [-0.25, -0.2) is 0 Å². The Kier molecular flexibility index (Phi) is 3.94. The van der Waals surface area contributed by atoms with E-state index < -0.39 is 0 Å². The van der Waals surface area contributed by atoms with E-state index in [2.05, 4.69) is 0 Å². The third-order valence-electron chi connectivity index (χ3n) is 2.84. The maximum Gasteiger partial charge on any atom is 0.122 e. The van der Waals surface area contributed by atoms with Gasteiger partial charge in [-0.1, -0.05) is 11.6 Å². The predicted molar refractivity (Wildman–Crippen MR) is 72.1 cm³/mol. The van der Waals surface area contributed by atoms with Crippen LogP contribution >= 0.6 is 11.6 Å². The Morgan fingerprint density at radius 2 is 2.00 bits per heavy atom. The van der Waals surface area contributed by atoms with Gasteiger partial charge in [0, 0.05) is 17.0 Å². The van der Waals surface area contributed by atoms with E-state index in [9.17, 15) is 0 Å². The topological polar surface area (TPSA) is 48.4 Å². The Labute approximate surface area is 111 Å². The van der Waals surface area contributed by atoms with Gasteiger partial charge in [0.1, 0.15) is 17.3 Å². The molecule has 96 valence electrons. The van der Waals surface area contributed by atoms with Gasteiger partial charge in [0.05, 0.1) is 13.7 Å². The largest absolute Gasteiger partial charge is 0.496 e. The average Bonchev–Trinajstić information content (AvgIpc) is 2.81. The summed E-state index contributed by atoms with van der Waals surface area (Å²) in [5.41, 5.74) is 7.52. The van der Waals surface area contributed by atoms with Crippen LogP contribution < -0.4 is 10.5 Å². The third-order valence-corrected chi connectivity index (χ3v) is 3.25. The quantitative estimate of drug-likeness (QED) is 0.923. The monoisotopic (exact) mass is 265 g/mol. The second-order valence-corrected chi connectivity index (χ2v) is 4.57. The van der Waals surface area contributed by atoms with Crippen LogP contribution in [0, 0.1) is 6.92 Å². The van der Waals surface area contributed by atoms with E-state index in [1.54, 1.807) is 7.11 Å². The van der Waals surface area contributed by atoms with Crippen LogP contribution in [0.1, 0.15) is 22.6 Å². The van der Waals surface area contributed by atoms with Gasteiger partial charge in [0.2, 0.25) is 0 Å². The number of furan rings is 1. The zero-order valence-corrected chi connectivity index (χ0v) is 11.3. The zero-order chi connectivity index (χ0) is 13.1. The second-order valence-electron chi connectivity index (χ2n) is 4.16. The first kappa shape index (κ1) is 13.0. The number of ether oxygens (including phenoxy) is 1. The summed E-state index contributed by atoms with van der Waals surface area (Å²) in [6.07, 6.45) is 0.642. The third kappa shape index (κ3) is 2.68. The Bertz CT molecular complexity index is 549. The van der Waals surface area contributed by atoms with Crippen molar-refractivity contribution in [3.8, 4) is 5.75 Å². The first-order chi connectivity index (χ1) is 8.63. The highest BCUT2D eigenvalue weighted by Crippen LogP contribution is 2.28. The lowest BCUT2D eigenvalue weighted by molar-refractivity contribution is 0.407. The molecule has 0 amide bonds. The van der Waals surface area contributed by atoms with Crippen LogP contribution in [0.3, 0.4) is 0 Å². The molecule has 1 heterocycles. The van der Waals surface area contributed by atoms with E-state index in [1.807, 2.05) is 31.2 Å². The molecule has 18 heavy (non-hydrogen) atoms. The highest BCUT2D eigenvalue weighted by Gasteiger charge is 2.10. The number of aryl methyl sites for hydroxylation is 1. The lowest BCUT2D eigenvalue weighted by atomic mass is 10.1. The highest BCUT2D eigenvalue weighted by molar-refractivity contribution is 6.31. The van der Waals surface area contributed by atoms with Crippen molar-refractivity contribution in [2.24, 2.45) is 5.73 Å². The second kappa shape index (κ2) is 5.46. The van der Waals surface area contributed by atoms with Gasteiger partial charge < -0.3 is 14.9 Å². The van der Waals surface area contributed by atoms with Crippen LogP contribution in [-0.4, -0.2) is 7.11 Å². The molecule has 0 unspecified atom stereocenters. The summed E-state index contributed by atoms with van der Waals surface area (Å²) in [4.78, 5) is 0. The van der Waals surface area contributed by atoms with Crippen LogP contribution in [0.2, 0.25) is 5.02 Å². The Hall–Kier alpha value is -1.45. The van der Waals surface area contributed by atoms with Gasteiger partial charge in [0.25, 0.3) is 0 Å². The zero-order valence-electron chi connectivity index (χ0n) is 10.5. The van der Waals surface area contributed by atoms with Crippen molar-refractivity contribution in [1.82, 2.24) is 0 Å². The van der Waals surface area contributed by atoms with E-state index in [0.29, 0.717) is 13.0 Å². The molecule has 0 aliphatic carbocycles. The van der Waals surface area contributed by atoms with E-state index in [4.69, 9.17) is 26.5 Å². The molecule has 2 aromatic rings. The van der Waals surface area contributed by atoms with Crippen molar-refractivity contribution in [2.75, 3.05) is 7.11 Å². The van der Waals surface area contributed by atoms with Crippen LogP contribution in [0.25, 0.3) is 0 Å². The standard InChI is InChI=1S/C14H16ClNO2/c1-9-5-14(17-2)10(7-13(9)15)6-11-3-4-12(8-16)18-11/h3-5,7H,6,8,16H2,1-2H3. The van der Waals surface area contributed by atoms with Crippen molar-refractivity contribution in [3.63, 3.8) is 0 Å². The minimum absolute atomic E-state index is 0.409. The van der Waals surface area contributed by atoms with Gasteiger partial charge >= 0.3 is 0 Å². The normalized spacial score (nSPS) is 10.7. The van der Waals surface area contributed by atoms with Crippen molar-refractivity contribution in [1.29, 1.82) is 0 Å². The highest BCUT2D eigenvalue weighted by atomic mass is 35.5. The maximum atomic E-state index is 6.14. The summed E-state index contributed by atoms with van der Waals surface area (Å²) in [6, 6.07) is 7.66. The number of methoxy groups -OCH3 is 1. The maximum absolute atomic E-state index is 6.14. The number of benzene rings is 1. The van der Waals surface area contributed by atoms with Crippen molar-refractivity contribution in [3.05, 3.63) is 51.9 Å². The van der Waals surface area contributed by atoms with E-state index >= 15 is 0 Å². The minimum atomic E-state index is 0.409.